The molecule has 0 aliphatic heterocycles. The summed E-state index contributed by atoms with van der Waals surface area (Å²) in [6, 6.07) is 0. The normalized spacial score (nSPS) is 29.8. The van der Waals surface area contributed by atoms with Crippen LogP contribution in [0, 0.1) is 0 Å². The molecule has 1 atom stereocenters. The summed E-state index contributed by atoms with van der Waals surface area (Å²) in [6.45, 7) is 2.07. The second-order valence-electron chi connectivity index (χ2n) is 2.49. The van der Waals surface area contributed by atoms with E-state index in [4.69, 9.17) is 5.11 Å². The smallest absolute Gasteiger partial charge is 0.0580 e. The molecule has 0 fully saturated rings. The number of aliphatic hydroxyl groups excluding tert-OH is 1. The van der Waals surface area contributed by atoms with Crippen LogP contribution in [0.5, 0.6) is 0 Å². The fourth-order valence-corrected chi connectivity index (χ4v) is 1.08. The SMILES string of the molecule is CC1=CCCC(O)C1. The summed E-state index contributed by atoms with van der Waals surface area (Å²) in [5, 5.41) is 9.04. The van der Waals surface area contributed by atoms with Crippen molar-refractivity contribution < 1.29 is 5.11 Å². The lowest BCUT2D eigenvalue weighted by atomic mass is 9.98. The highest BCUT2D eigenvalue weighted by Crippen LogP contribution is 2.16. The van der Waals surface area contributed by atoms with Crippen molar-refractivity contribution >= 4 is 0 Å². The number of rotatable bonds is 0. The quantitative estimate of drug-likeness (QED) is 0.470. The monoisotopic (exact) mass is 112 g/mol. The van der Waals surface area contributed by atoms with Gasteiger partial charge < -0.3 is 5.11 Å². The van der Waals surface area contributed by atoms with Gasteiger partial charge in [-0.25, -0.2) is 0 Å². The van der Waals surface area contributed by atoms with E-state index in [1.165, 1.54) is 5.57 Å². The number of hydrogen-bond acceptors (Lipinski definition) is 1. The van der Waals surface area contributed by atoms with Crippen LogP contribution in [0.4, 0.5) is 0 Å². The second kappa shape index (κ2) is 2.31. The van der Waals surface area contributed by atoms with Crippen LogP contribution in [0.3, 0.4) is 0 Å². The summed E-state index contributed by atoms with van der Waals surface area (Å²) < 4.78 is 0. The Hall–Kier alpha value is -0.300. The van der Waals surface area contributed by atoms with Gasteiger partial charge in [0.25, 0.3) is 0 Å². The molecule has 0 saturated carbocycles. The minimum Gasteiger partial charge on any atom is -0.393 e. The summed E-state index contributed by atoms with van der Waals surface area (Å²) in [5.74, 6) is 0. The third-order valence-electron chi connectivity index (χ3n) is 1.55. The van der Waals surface area contributed by atoms with Gasteiger partial charge in [0.1, 0.15) is 0 Å². The first kappa shape index (κ1) is 5.83. The van der Waals surface area contributed by atoms with Gasteiger partial charge in [-0.05, 0) is 26.2 Å². The maximum absolute atomic E-state index is 9.04. The minimum absolute atomic E-state index is 0.0556. The van der Waals surface area contributed by atoms with Crippen LogP contribution >= 0.6 is 0 Å². The van der Waals surface area contributed by atoms with Crippen LogP contribution in [0.15, 0.2) is 11.6 Å². The van der Waals surface area contributed by atoms with Gasteiger partial charge in [-0.1, -0.05) is 11.6 Å². The van der Waals surface area contributed by atoms with Gasteiger partial charge in [-0.2, -0.15) is 0 Å². The molecule has 1 aliphatic rings. The molecule has 1 rings (SSSR count). The van der Waals surface area contributed by atoms with E-state index in [-0.39, 0.29) is 6.10 Å². The van der Waals surface area contributed by atoms with Gasteiger partial charge in [0.05, 0.1) is 6.10 Å². The van der Waals surface area contributed by atoms with Gasteiger partial charge >= 0.3 is 0 Å². The summed E-state index contributed by atoms with van der Waals surface area (Å²) in [4.78, 5) is 0. The van der Waals surface area contributed by atoms with Crippen LogP contribution in [0.2, 0.25) is 0 Å². The number of hydrogen-bond donors (Lipinski definition) is 1. The maximum Gasteiger partial charge on any atom is 0.0580 e. The zero-order valence-electron chi connectivity index (χ0n) is 5.22. The second-order valence-corrected chi connectivity index (χ2v) is 2.49. The topological polar surface area (TPSA) is 20.2 Å². The average molecular weight is 112 g/mol. The van der Waals surface area contributed by atoms with Crippen molar-refractivity contribution in [2.75, 3.05) is 0 Å². The van der Waals surface area contributed by atoms with Gasteiger partial charge in [0, 0.05) is 0 Å². The fraction of sp³-hybridized carbons (Fsp3) is 0.714. The molecule has 1 nitrogen and oxygen atoms in total. The molecule has 1 N–H and O–H groups in total. The lowest BCUT2D eigenvalue weighted by molar-refractivity contribution is 0.160. The van der Waals surface area contributed by atoms with E-state index in [1.807, 2.05) is 0 Å². The number of aliphatic hydroxyl groups is 1. The highest BCUT2D eigenvalue weighted by atomic mass is 16.3. The Labute approximate surface area is 50.0 Å². The minimum atomic E-state index is -0.0556. The van der Waals surface area contributed by atoms with Crippen molar-refractivity contribution in [3.05, 3.63) is 11.6 Å². The van der Waals surface area contributed by atoms with Gasteiger partial charge in [0.2, 0.25) is 0 Å². The standard InChI is InChI=1S/C7H12O/c1-6-3-2-4-7(8)5-6/h3,7-8H,2,4-5H2,1H3. The molecule has 1 heteroatoms. The lowest BCUT2D eigenvalue weighted by Crippen LogP contribution is -2.09. The van der Waals surface area contributed by atoms with Crippen LogP contribution in [-0.2, 0) is 0 Å². The fourth-order valence-electron chi connectivity index (χ4n) is 1.08. The Balaban J connectivity index is 2.45. The predicted molar refractivity (Wildman–Crippen MR) is 33.6 cm³/mol. The van der Waals surface area contributed by atoms with Crippen molar-refractivity contribution in [1.82, 2.24) is 0 Å². The zero-order chi connectivity index (χ0) is 5.98. The Morgan fingerprint density at radius 3 is 2.88 bits per heavy atom. The predicted octanol–water partition coefficient (Wildman–Crippen LogP) is 1.48. The molecule has 0 aromatic rings. The van der Waals surface area contributed by atoms with E-state index in [2.05, 4.69) is 13.0 Å². The summed E-state index contributed by atoms with van der Waals surface area (Å²) in [6.07, 6.45) is 5.05. The molecule has 1 unspecified atom stereocenters. The molecule has 0 aromatic heterocycles. The molecule has 0 amide bonds. The first-order chi connectivity index (χ1) is 3.79. The third kappa shape index (κ3) is 1.34. The van der Waals surface area contributed by atoms with Crippen molar-refractivity contribution in [3.8, 4) is 0 Å². The van der Waals surface area contributed by atoms with E-state index >= 15 is 0 Å². The molecule has 0 bridgehead atoms. The molecule has 8 heavy (non-hydrogen) atoms. The largest absolute Gasteiger partial charge is 0.393 e. The van der Waals surface area contributed by atoms with Crippen molar-refractivity contribution in [3.63, 3.8) is 0 Å². The van der Waals surface area contributed by atoms with Crippen LogP contribution in [0.25, 0.3) is 0 Å². The molecular weight excluding hydrogens is 100 g/mol. The molecule has 0 radical (unpaired) electrons. The Bertz CT molecular complexity index is 105. The van der Waals surface area contributed by atoms with Crippen LogP contribution < -0.4 is 0 Å². The van der Waals surface area contributed by atoms with E-state index < -0.39 is 0 Å². The summed E-state index contributed by atoms with van der Waals surface area (Å²) >= 11 is 0. The van der Waals surface area contributed by atoms with Crippen LogP contribution in [0.1, 0.15) is 26.2 Å². The molecule has 46 valence electrons. The van der Waals surface area contributed by atoms with Crippen LogP contribution in [-0.4, -0.2) is 11.2 Å². The Kier molecular flexibility index (Phi) is 1.69. The Morgan fingerprint density at radius 2 is 2.50 bits per heavy atom. The third-order valence-corrected chi connectivity index (χ3v) is 1.55. The van der Waals surface area contributed by atoms with E-state index in [0.717, 1.165) is 19.3 Å². The van der Waals surface area contributed by atoms with Gasteiger partial charge in [0.15, 0.2) is 0 Å². The van der Waals surface area contributed by atoms with Gasteiger partial charge in [-0.3, -0.25) is 0 Å². The molecule has 0 saturated heterocycles. The van der Waals surface area contributed by atoms with Crippen molar-refractivity contribution in [2.24, 2.45) is 0 Å². The van der Waals surface area contributed by atoms with Gasteiger partial charge in [-0.15, -0.1) is 0 Å². The molecule has 0 spiro atoms. The van der Waals surface area contributed by atoms with Crippen molar-refractivity contribution in [1.29, 1.82) is 0 Å². The molecular formula is C7H12O. The first-order valence-electron chi connectivity index (χ1n) is 3.13. The summed E-state index contributed by atoms with van der Waals surface area (Å²) in [5.41, 5.74) is 1.34. The maximum atomic E-state index is 9.04. The number of allylic oxidation sites excluding steroid dienone is 1. The highest BCUT2D eigenvalue weighted by Gasteiger charge is 2.07. The molecule has 1 aliphatic carbocycles. The summed E-state index contributed by atoms with van der Waals surface area (Å²) in [7, 11) is 0. The molecule has 0 aromatic carbocycles. The van der Waals surface area contributed by atoms with Crippen molar-refractivity contribution in [2.45, 2.75) is 32.3 Å². The van der Waals surface area contributed by atoms with E-state index in [0.29, 0.717) is 0 Å². The highest BCUT2D eigenvalue weighted by molar-refractivity contribution is 5.03. The Morgan fingerprint density at radius 1 is 1.75 bits per heavy atom. The molecule has 0 heterocycles. The lowest BCUT2D eigenvalue weighted by Gasteiger charge is -2.14. The van der Waals surface area contributed by atoms with E-state index in [1.54, 1.807) is 0 Å². The zero-order valence-corrected chi connectivity index (χ0v) is 5.22. The van der Waals surface area contributed by atoms with E-state index in [9.17, 15) is 0 Å². The average Bonchev–Trinajstić information content (AvgIpc) is 1.64. The first-order valence-corrected chi connectivity index (χ1v) is 3.13.